The molecule has 4 N–H and O–H groups in total. The van der Waals surface area contributed by atoms with Crippen LogP contribution in [0.4, 0.5) is 5.69 Å². The summed E-state index contributed by atoms with van der Waals surface area (Å²) in [5.74, 6) is -1.38. The molecule has 0 bridgehead atoms. The molecule has 0 aliphatic carbocycles. The van der Waals surface area contributed by atoms with Gasteiger partial charge >= 0.3 is 7.52 Å². The smallest absolute Gasteiger partial charge is 0.348 e. The lowest BCUT2D eigenvalue weighted by atomic mass is 9.84. The van der Waals surface area contributed by atoms with Crippen LogP contribution in [0.3, 0.4) is 0 Å². The van der Waals surface area contributed by atoms with Gasteiger partial charge in [0.1, 0.15) is 11.3 Å². The number of hydrogen-bond acceptors (Lipinski definition) is 6. The van der Waals surface area contributed by atoms with Gasteiger partial charge in [0.05, 0.1) is 29.2 Å². The lowest BCUT2D eigenvalue weighted by Crippen LogP contribution is -2.45. The summed E-state index contributed by atoms with van der Waals surface area (Å²) in [5, 5.41) is 14.5. The van der Waals surface area contributed by atoms with Gasteiger partial charge in [0, 0.05) is 6.54 Å². The van der Waals surface area contributed by atoms with Crippen molar-refractivity contribution in [2.45, 2.75) is 67.9 Å². The van der Waals surface area contributed by atoms with Gasteiger partial charge in [-0.05, 0) is 48.8 Å². The van der Waals surface area contributed by atoms with Crippen LogP contribution in [0.5, 0.6) is 0 Å². The number of anilines is 1. The Labute approximate surface area is 207 Å². The number of aryl methyl sites for hydroxylation is 1. The Morgan fingerprint density at radius 1 is 1.26 bits per heavy atom. The van der Waals surface area contributed by atoms with E-state index in [4.69, 9.17) is 10.3 Å². The number of fused-ring (bicyclic) bond motifs is 1. The van der Waals surface area contributed by atoms with E-state index in [0.29, 0.717) is 12.1 Å². The number of primary amides is 1. The number of hydrogen-bond donors (Lipinski definition) is 3. The van der Waals surface area contributed by atoms with Crippen molar-refractivity contribution in [1.29, 1.82) is 0 Å². The zero-order valence-electron chi connectivity index (χ0n) is 21.9. The van der Waals surface area contributed by atoms with Crippen molar-refractivity contribution in [1.82, 2.24) is 4.90 Å². The van der Waals surface area contributed by atoms with E-state index in [1.54, 1.807) is 30.9 Å². The fourth-order valence-corrected chi connectivity index (χ4v) is 6.37. The number of amidine groups is 1. The van der Waals surface area contributed by atoms with Gasteiger partial charge < -0.3 is 25.6 Å². The number of aliphatic hydroxyl groups excluding tert-OH is 1. The van der Waals surface area contributed by atoms with Crippen LogP contribution in [-0.2, 0) is 13.9 Å². The number of carbonyl (C=O) groups excluding carboxylic acids is 2. The number of nitrogens with two attached hydrogens (primary N) is 1. The van der Waals surface area contributed by atoms with Crippen LogP contribution >= 0.6 is 7.52 Å². The molecule has 2 aliphatic rings. The standard InChI is InChI=1S/C25H37N4O5P/c1-9-34-35(33)16-13-14(2)12-15(21(26)31)18(16)27-22(28-35)17-19(30)20(25(6,7)8)29(23(17)32)11-10-24(3,4)5/h12-13,20,30H,9-11H2,1-8H3,(H2,26,31)(H,27,28,33)/t20-,35?/m1/s1. The van der Waals surface area contributed by atoms with Crippen LogP contribution in [0.1, 0.15) is 70.8 Å². The van der Waals surface area contributed by atoms with Crippen molar-refractivity contribution in [2.24, 2.45) is 21.3 Å². The number of nitrogens with zero attached hydrogens (tertiary/aromatic N) is 2. The Morgan fingerprint density at radius 3 is 2.40 bits per heavy atom. The summed E-state index contributed by atoms with van der Waals surface area (Å²) in [6.45, 7) is 16.0. The summed E-state index contributed by atoms with van der Waals surface area (Å²) in [7, 11) is -3.88. The molecule has 35 heavy (non-hydrogen) atoms. The Morgan fingerprint density at radius 2 is 1.89 bits per heavy atom. The van der Waals surface area contributed by atoms with E-state index >= 15 is 0 Å². The van der Waals surface area contributed by atoms with Crippen LogP contribution in [0.25, 0.3) is 0 Å². The van der Waals surface area contributed by atoms with Crippen molar-refractivity contribution in [2.75, 3.05) is 18.5 Å². The van der Waals surface area contributed by atoms with Crippen LogP contribution in [0, 0.1) is 17.8 Å². The maximum absolute atomic E-state index is 13.9. The molecule has 0 saturated carbocycles. The SMILES string of the molecule is CCOP1(=O)N=C(C2=C(O)[C@H](C(C)(C)C)N(CCC(C)(C)C)C2=O)Nc2c(C(N)=O)cc(C)cc21. The number of aliphatic hydroxyl groups is 1. The number of rotatable bonds is 6. The van der Waals surface area contributed by atoms with Crippen LogP contribution in [0.15, 0.2) is 28.2 Å². The summed E-state index contributed by atoms with van der Waals surface area (Å²) in [6.07, 6.45) is 0.719. The Hall–Kier alpha value is -2.64. The molecule has 0 radical (unpaired) electrons. The first-order chi connectivity index (χ1) is 16.0. The zero-order valence-corrected chi connectivity index (χ0v) is 22.7. The second-order valence-electron chi connectivity index (χ2n) is 11.4. The fraction of sp³-hybridized carbons (Fsp3) is 0.560. The molecule has 2 aliphatic heterocycles. The van der Waals surface area contributed by atoms with E-state index in [2.05, 4.69) is 30.9 Å². The average molecular weight is 505 g/mol. The van der Waals surface area contributed by atoms with Crippen LogP contribution in [-0.4, -0.2) is 46.8 Å². The molecule has 3 rings (SSSR count). The molecule has 0 fully saturated rings. The molecule has 0 spiro atoms. The van der Waals surface area contributed by atoms with Crippen molar-refractivity contribution in [3.8, 4) is 0 Å². The van der Waals surface area contributed by atoms with Gasteiger partial charge in [-0.25, -0.2) is 0 Å². The normalized spacial score (nSPS) is 22.7. The Kier molecular flexibility index (Phi) is 7.01. The lowest BCUT2D eigenvalue weighted by Gasteiger charge is -2.36. The summed E-state index contributed by atoms with van der Waals surface area (Å²) in [6, 6.07) is 2.61. The van der Waals surface area contributed by atoms with Gasteiger partial charge in [-0.1, -0.05) is 41.5 Å². The molecular weight excluding hydrogens is 467 g/mol. The van der Waals surface area contributed by atoms with E-state index in [1.807, 2.05) is 20.8 Å². The molecule has 2 heterocycles. The van der Waals surface area contributed by atoms with Crippen molar-refractivity contribution < 1.29 is 23.8 Å². The first-order valence-corrected chi connectivity index (χ1v) is 13.4. The van der Waals surface area contributed by atoms with E-state index in [1.165, 1.54) is 0 Å². The molecule has 2 amide bonds. The number of amides is 2. The third-order valence-electron chi connectivity index (χ3n) is 6.07. The predicted molar refractivity (Wildman–Crippen MR) is 138 cm³/mol. The molecule has 2 atom stereocenters. The highest BCUT2D eigenvalue weighted by Crippen LogP contribution is 2.53. The van der Waals surface area contributed by atoms with Crippen molar-refractivity contribution in [3.63, 3.8) is 0 Å². The largest absolute Gasteiger partial charge is 0.509 e. The van der Waals surface area contributed by atoms with Gasteiger partial charge in [-0.2, -0.15) is 4.76 Å². The predicted octanol–water partition coefficient (Wildman–Crippen LogP) is 4.28. The molecular formula is C25H37N4O5P. The Bertz CT molecular complexity index is 1170. The van der Waals surface area contributed by atoms with Gasteiger partial charge in [0.15, 0.2) is 5.84 Å². The highest BCUT2D eigenvalue weighted by Gasteiger charge is 2.49. The summed E-state index contributed by atoms with van der Waals surface area (Å²) in [5.41, 5.74) is 5.99. The molecule has 0 aromatic heterocycles. The summed E-state index contributed by atoms with van der Waals surface area (Å²) < 4.78 is 23.9. The first kappa shape index (κ1) is 27.0. The molecule has 9 nitrogen and oxygen atoms in total. The van der Waals surface area contributed by atoms with E-state index in [0.717, 1.165) is 6.42 Å². The monoisotopic (exact) mass is 504 g/mol. The van der Waals surface area contributed by atoms with Crippen molar-refractivity contribution in [3.05, 3.63) is 34.6 Å². The molecule has 0 saturated heterocycles. The minimum Gasteiger partial charge on any atom is -0.509 e. The van der Waals surface area contributed by atoms with Crippen molar-refractivity contribution >= 4 is 36.2 Å². The number of carbonyl (C=O) groups is 2. The topological polar surface area (TPSA) is 134 Å². The van der Waals surface area contributed by atoms with E-state index in [-0.39, 0.29) is 45.7 Å². The molecule has 1 aromatic carbocycles. The number of benzene rings is 1. The lowest BCUT2D eigenvalue weighted by molar-refractivity contribution is -0.128. The van der Waals surface area contributed by atoms with Gasteiger partial charge in [-0.15, -0.1) is 0 Å². The fourth-order valence-electron chi connectivity index (χ4n) is 4.47. The Balaban J connectivity index is 2.19. The van der Waals surface area contributed by atoms with E-state index in [9.17, 15) is 19.3 Å². The van der Waals surface area contributed by atoms with Gasteiger partial charge in [0.2, 0.25) is 0 Å². The maximum Gasteiger partial charge on any atom is 0.348 e. The average Bonchev–Trinajstić information content (AvgIpc) is 2.95. The molecule has 1 aromatic rings. The second-order valence-corrected chi connectivity index (χ2v) is 13.4. The minimum absolute atomic E-state index is 0.0282. The highest BCUT2D eigenvalue weighted by molar-refractivity contribution is 7.66. The third-order valence-corrected chi connectivity index (χ3v) is 8.11. The van der Waals surface area contributed by atoms with Crippen LogP contribution in [0.2, 0.25) is 0 Å². The molecule has 192 valence electrons. The summed E-state index contributed by atoms with van der Waals surface area (Å²) in [4.78, 5) is 27.6. The highest BCUT2D eigenvalue weighted by atomic mass is 31.2. The summed E-state index contributed by atoms with van der Waals surface area (Å²) >= 11 is 0. The van der Waals surface area contributed by atoms with Gasteiger partial charge in [-0.3, -0.25) is 14.2 Å². The molecule has 10 heteroatoms. The minimum atomic E-state index is -3.88. The van der Waals surface area contributed by atoms with E-state index < -0.39 is 30.8 Å². The zero-order chi connectivity index (χ0) is 26.5. The maximum atomic E-state index is 13.9. The van der Waals surface area contributed by atoms with Crippen LogP contribution < -0.4 is 16.4 Å². The second kappa shape index (κ2) is 9.10. The first-order valence-electron chi connectivity index (χ1n) is 11.8. The quantitative estimate of drug-likeness (QED) is 0.495. The third kappa shape index (κ3) is 5.16. The van der Waals surface area contributed by atoms with Gasteiger partial charge in [0.25, 0.3) is 11.8 Å². The molecule has 1 unspecified atom stereocenters. The number of nitrogens with one attached hydrogen (secondary N) is 1.